The number of carbonyl (C=O) groups excluding carboxylic acids is 1. The number of likely N-dealkylation sites (N-methyl/N-ethyl adjacent to an activating group) is 1. The molecule has 0 spiro atoms. The Labute approximate surface area is 252 Å². The fourth-order valence-electron chi connectivity index (χ4n) is 4.92. The summed E-state index contributed by atoms with van der Waals surface area (Å²) in [6.45, 7) is 2.45. The quantitative estimate of drug-likeness (QED) is 0.206. The number of carbonyl (C=O) groups is 1. The molecule has 226 valence electrons. The highest BCUT2D eigenvalue weighted by Gasteiger charge is 2.31. The number of ether oxygens (including phenoxy) is 2. The van der Waals surface area contributed by atoms with E-state index in [-0.39, 0.29) is 29.9 Å². The summed E-state index contributed by atoms with van der Waals surface area (Å²) in [4.78, 5) is 31.1. The monoisotopic (exact) mass is 625 g/mol. The molecule has 3 aromatic heterocycles. The van der Waals surface area contributed by atoms with E-state index < -0.39 is 21.0 Å². The first-order chi connectivity index (χ1) is 20.7. The first kappa shape index (κ1) is 29.2. The maximum absolute atomic E-state index is 13.5. The Morgan fingerprint density at radius 1 is 1.14 bits per heavy atom. The number of nitrogens with one attached hydrogen (secondary N) is 1. The predicted molar refractivity (Wildman–Crippen MR) is 160 cm³/mol. The first-order valence-corrected chi connectivity index (χ1v) is 16.2. The summed E-state index contributed by atoms with van der Waals surface area (Å²) in [5.41, 5.74) is 1.57. The second kappa shape index (κ2) is 12.4. The zero-order chi connectivity index (χ0) is 30.0. The molecule has 0 unspecified atom stereocenters. The van der Waals surface area contributed by atoms with Gasteiger partial charge in [-0.05, 0) is 44.2 Å². The van der Waals surface area contributed by atoms with Crippen molar-refractivity contribution in [3.8, 4) is 5.88 Å². The number of aromatic nitrogens is 4. The van der Waals surface area contributed by atoms with Gasteiger partial charge >= 0.3 is 0 Å². The molecule has 2 fully saturated rings. The van der Waals surface area contributed by atoms with Crippen molar-refractivity contribution < 1.29 is 27.5 Å². The van der Waals surface area contributed by atoms with Crippen LogP contribution in [0.5, 0.6) is 5.88 Å². The first-order valence-electron chi connectivity index (χ1n) is 13.8. The normalized spacial score (nSPS) is 19.6. The summed E-state index contributed by atoms with van der Waals surface area (Å²) in [5, 5.41) is 10.9. The van der Waals surface area contributed by atoms with E-state index in [1.54, 1.807) is 30.1 Å². The van der Waals surface area contributed by atoms with Gasteiger partial charge in [0, 0.05) is 44.6 Å². The lowest BCUT2D eigenvalue weighted by Gasteiger charge is -2.12. The molecule has 43 heavy (non-hydrogen) atoms. The molecule has 4 aromatic rings. The number of nitrogens with zero attached hydrogens (tertiary/aromatic N) is 6. The van der Waals surface area contributed by atoms with Crippen LogP contribution in [0.4, 0.5) is 5.13 Å². The van der Waals surface area contributed by atoms with Crippen LogP contribution in [-0.2, 0) is 37.9 Å². The van der Waals surface area contributed by atoms with Gasteiger partial charge < -0.3 is 19.2 Å². The van der Waals surface area contributed by atoms with Gasteiger partial charge in [-0.1, -0.05) is 28.6 Å². The molecule has 2 aliphatic heterocycles. The molecule has 1 N–H and O–H groups in total. The molecule has 1 amide bonds. The molecule has 0 saturated carbocycles. The van der Waals surface area contributed by atoms with Crippen molar-refractivity contribution in [2.45, 2.75) is 35.7 Å². The molecule has 2 saturated heterocycles. The van der Waals surface area contributed by atoms with Crippen molar-refractivity contribution in [2.24, 2.45) is 12.2 Å². The van der Waals surface area contributed by atoms with Gasteiger partial charge in [0.05, 0.1) is 16.8 Å². The Balaban J connectivity index is 1.21. The van der Waals surface area contributed by atoms with Crippen molar-refractivity contribution in [3.05, 3.63) is 59.9 Å². The Bertz CT molecular complexity index is 1750. The van der Waals surface area contributed by atoms with E-state index in [2.05, 4.69) is 37.5 Å². The van der Waals surface area contributed by atoms with Crippen molar-refractivity contribution in [3.63, 3.8) is 0 Å². The average Bonchev–Trinajstić information content (AvgIpc) is 3.80. The number of likely N-dealkylation sites (tertiary alicyclic amines) is 1. The fraction of sp³-hybridized carbons (Fsp3) is 0.393. The maximum atomic E-state index is 13.5. The van der Waals surface area contributed by atoms with Gasteiger partial charge in [-0.25, -0.2) is 18.4 Å². The fourth-order valence-corrected chi connectivity index (χ4v) is 7.32. The third-order valence-corrected chi connectivity index (χ3v) is 10.3. The third-order valence-electron chi connectivity index (χ3n) is 7.22. The lowest BCUT2D eigenvalue weighted by molar-refractivity contribution is -0.110. The van der Waals surface area contributed by atoms with E-state index >= 15 is 0 Å². The number of aryl methyl sites for hydroxylation is 1. The highest BCUT2D eigenvalue weighted by atomic mass is 32.2. The third kappa shape index (κ3) is 6.69. The number of hydrogen-bond donors (Lipinski definition) is 1. The summed E-state index contributed by atoms with van der Waals surface area (Å²) < 4.78 is 38.9. The van der Waals surface area contributed by atoms with Gasteiger partial charge in [0.1, 0.15) is 22.1 Å². The number of hydrogen-bond acceptors (Lipinski definition) is 12. The van der Waals surface area contributed by atoms with E-state index in [1.165, 1.54) is 35.6 Å². The minimum atomic E-state index is -3.56. The minimum Gasteiger partial charge on any atom is -0.473 e. The lowest BCUT2D eigenvalue weighted by atomic mass is 10.1. The van der Waals surface area contributed by atoms with Crippen molar-refractivity contribution >= 4 is 48.3 Å². The van der Waals surface area contributed by atoms with Crippen molar-refractivity contribution in [2.75, 3.05) is 38.7 Å². The molecule has 13 nitrogen and oxygen atoms in total. The van der Waals surface area contributed by atoms with Crippen LogP contribution in [0.1, 0.15) is 24.1 Å². The standard InChI is InChI=1S/C28H31N7O6S2/c1-34-12-10-20(15-34)41-24-8-7-23-27(30-24)42-28(29-23)31-26(36)25(33-40-16-19-9-13-35(2)32-19)18-3-5-21(6-4-18)43(37,38)22-11-14-39-17-22/h3-9,13,20,22H,10-12,14-17H2,1-2H3,(H,29,31,36)/t20-,22-/m0/s1. The molecule has 0 aliphatic carbocycles. The van der Waals surface area contributed by atoms with Crippen LogP contribution < -0.4 is 10.1 Å². The number of oxime groups is 1. The molecule has 5 heterocycles. The highest BCUT2D eigenvalue weighted by Crippen LogP contribution is 2.28. The van der Waals surface area contributed by atoms with Crippen molar-refractivity contribution in [1.29, 1.82) is 0 Å². The van der Waals surface area contributed by atoms with Gasteiger partial charge in [0.2, 0.25) is 5.88 Å². The Hall–Kier alpha value is -3.92. The van der Waals surface area contributed by atoms with Crippen LogP contribution in [0.2, 0.25) is 0 Å². The summed E-state index contributed by atoms with van der Waals surface area (Å²) >= 11 is 1.21. The number of benzene rings is 1. The second-order valence-electron chi connectivity index (χ2n) is 10.5. The SMILES string of the molecule is CN1CC[C@H](Oc2ccc3nc(NC(=O)C(=NOCc4ccn(C)n4)c4ccc(S(=O)(=O)[C@H]5CCOC5)cc4)sc3n2)C1. The van der Waals surface area contributed by atoms with Crippen molar-refractivity contribution in [1.82, 2.24) is 24.6 Å². The molecule has 15 heteroatoms. The van der Waals surface area contributed by atoms with Crippen LogP contribution in [0, 0.1) is 0 Å². The van der Waals surface area contributed by atoms with Gasteiger partial charge in [-0.15, -0.1) is 0 Å². The molecular weight excluding hydrogens is 594 g/mol. The topological polar surface area (TPSA) is 150 Å². The molecular formula is C28H31N7O6S2. The molecule has 1 aromatic carbocycles. The van der Waals surface area contributed by atoms with E-state index in [0.29, 0.717) is 45.6 Å². The predicted octanol–water partition coefficient (Wildman–Crippen LogP) is 2.63. The summed E-state index contributed by atoms with van der Waals surface area (Å²) in [6, 6.07) is 11.4. The molecule has 2 atom stereocenters. The summed E-state index contributed by atoms with van der Waals surface area (Å²) in [6.07, 6.45) is 3.24. The molecule has 0 bridgehead atoms. The number of anilines is 1. The van der Waals surface area contributed by atoms with Gasteiger partial charge in [-0.3, -0.25) is 14.8 Å². The second-order valence-corrected chi connectivity index (χ2v) is 13.7. The number of sulfone groups is 1. The number of amides is 1. The van der Waals surface area contributed by atoms with Crippen LogP contribution in [-0.4, -0.2) is 89.4 Å². The van der Waals surface area contributed by atoms with E-state index in [9.17, 15) is 13.2 Å². The Kier molecular flexibility index (Phi) is 8.38. The van der Waals surface area contributed by atoms with E-state index in [1.807, 2.05) is 6.07 Å². The van der Waals surface area contributed by atoms with Crippen LogP contribution >= 0.6 is 11.3 Å². The van der Waals surface area contributed by atoms with Crippen LogP contribution in [0.3, 0.4) is 0 Å². The van der Waals surface area contributed by atoms with E-state index in [0.717, 1.165) is 19.5 Å². The molecule has 0 radical (unpaired) electrons. The zero-order valence-corrected chi connectivity index (χ0v) is 25.3. The van der Waals surface area contributed by atoms with Gasteiger partial charge in [-0.2, -0.15) is 5.10 Å². The summed E-state index contributed by atoms with van der Waals surface area (Å²) in [7, 11) is 0.278. The summed E-state index contributed by atoms with van der Waals surface area (Å²) in [5.74, 6) is -0.0657. The average molecular weight is 626 g/mol. The number of rotatable bonds is 10. The maximum Gasteiger partial charge on any atom is 0.280 e. The smallest absolute Gasteiger partial charge is 0.280 e. The van der Waals surface area contributed by atoms with Crippen LogP contribution in [0.25, 0.3) is 10.3 Å². The minimum absolute atomic E-state index is 0.0381. The zero-order valence-electron chi connectivity index (χ0n) is 23.7. The lowest BCUT2D eigenvalue weighted by Crippen LogP contribution is -2.25. The largest absolute Gasteiger partial charge is 0.473 e. The molecule has 6 rings (SSSR count). The molecule has 2 aliphatic rings. The Morgan fingerprint density at radius 2 is 1.98 bits per heavy atom. The van der Waals surface area contributed by atoms with Crippen LogP contribution in [0.15, 0.2) is 58.7 Å². The number of fused-ring (bicyclic) bond motifs is 1. The van der Waals surface area contributed by atoms with Gasteiger partial charge in [0.15, 0.2) is 27.3 Å². The number of pyridine rings is 1. The van der Waals surface area contributed by atoms with E-state index in [4.69, 9.17) is 14.3 Å². The number of thiazole rings is 1. The van der Waals surface area contributed by atoms with Gasteiger partial charge in [0.25, 0.3) is 5.91 Å². The highest BCUT2D eigenvalue weighted by molar-refractivity contribution is 7.92. The Morgan fingerprint density at radius 3 is 2.67 bits per heavy atom.